The zero-order chi connectivity index (χ0) is 21.5. The van der Waals surface area contributed by atoms with E-state index in [1.54, 1.807) is 22.7 Å². The van der Waals surface area contributed by atoms with E-state index in [-0.39, 0.29) is 6.04 Å². The average molecular weight is 473 g/mol. The van der Waals surface area contributed by atoms with Crippen molar-refractivity contribution in [3.8, 4) is 11.3 Å². The predicted octanol–water partition coefficient (Wildman–Crippen LogP) is 7.43. The molecule has 0 N–H and O–H groups in total. The summed E-state index contributed by atoms with van der Waals surface area (Å²) in [6.07, 6.45) is 0.818. The minimum Gasteiger partial charge on any atom is -0.223 e. The SMILES string of the molecule is Clc1ccc2c(-c3ccccc3)nc(N3N=C(c4cccs4)C[C@H]3c3cccs3)nc2c1. The van der Waals surface area contributed by atoms with Crippen LogP contribution in [0.2, 0.25) is 5.02 Å². The van der Waals surface area contributed by atoms with E-state index in [2.05, 4.69) is 47.2 Å². The summed E-state index contributed by atoms with van der Waals surface area (Å²) < 4.78 is 0. The van der Waals surface area contributed by atoms with Gasteiger partial charge in [-0.15, -0.1) is 22.7 Å². The van der Waals surface area contributed by atoms with Crippen molar-refractivity contribution in [2.75, 3.05) is 5.01 Å². The Kier molecular flexibility index (Phi) is 4.98. The van der Waals surface area contributed by atoms with Crippen molar-refractivity contribution < 1.29 is 0 Å². The molecule has 0 saturated heterocycles. The minimum absolute atomic E-state index is 0.0624. The number of halogens is 1. The second-order valence-corrected chi connectivity index (χ2v) is 9.87. The van der Waals surface area contributed by atoms with Crippen LogP contribution in [0.4, 0.5) is 5.95 Å². The quantitative estimate of drug-likeness (QED) is 0.273. The Labute approximate surface area is 198 Å². The number of anilines is 1. The zero-order valence-electron chi connectivity index (χ0n) is 16.9. The van der Waals surface area contributed by atoms with E-state index in [4.69, 9.17) is 26.7 Å². The summed E-state index contributed by atoms with van der Waals surface area (Å²) in [6.45, 7) is 0. The summed E-state index contributed by atoms with van der Waals surface area (Å²) in [5.74, 6) is 0.587. The predicted molar refractivity (Wildman–Crippen MR) is 135 cm³/mol. The number of rotatable bonds is 4. The van der Waals surface area contributed by atoms with E-state index >= 15 is 0 Å². The number of nitrogens with zero attached hydrogens (tertiary/aromatic N) is 4. The lowest BCUT2D eigenvalue weighted by Crippen LogP contribution is -2.20. The number of benzene rings is 2. The first-order valence-electron chi connectivity index (χ1n) is 10.2. The number of fused-ring (bicyclic) bond motifs is 1. The smallest absolute Gasteiger partial charge is 0.223 e. The lowest BCUT2D eigenvalue weighted by molar-refractivity contribution is 0.700. The number of hydrogen-bond acceptors (Lipinski definition) is 6. The number of hydrogen-bond donors (Lipinski definition) is 0. The van der Waals surface area contributed by atoms with Gasteiger partial charge in [0.15, 0.2) is 0 Å². The maximum Gasteiger partial charge on any atom is 0.247 e. The molecule has 0 unspecified atom stereocenters. The molecule has 0 saturated carbocycles. The van der Waals surface area contributed by atoms with E-state index in [1.807, 2.05) is 41.4 Å². The highest BCUT2D eigenvalue weighted by Gasteiger charge is 2.33. The van der Waals surface area contributed by atoms with Gasteiger partial charge in [-0.1, -0.05) is 54.1 Å². The molecular weight excluding hydrogens is 456 g/mol. The van der Waals surface area contributed by atoms with Crippen molar-refractivity contribution >= 4 is 56.8 Å². The van der Waals surface area contributed by atoms with Gasteiger partial charge in [0.25, 0.3) is 0 Å². The fraction of sp³-hybridized carbons (Fsp3) is 0.0800. The second-order valence-electron chi connectivity index (χ2n) is 7.50. The van der Waals surface area contributed by atoms with Gasteiger partial charge < -0.3 is 0 Å². The van der Waals surface area contributed by atoms with Crippen molar-refractivity contribution in [3.05, 3.63) is 98.3 Å². The molecule has 2 aromatic carbocycles. The third-order valence-electron chi connectivity index (χ3n) is 5.49. The Morgan fingerprint density at radius 2 is 1.72 bits per heavy atom. The highest BCUT2D eigenvalue weighted by molar-refractivity contribution is 7.12. The topological polar surface area (TPSA) is 41.4 Å². The van der Waals surface area contributed by atoms with Crippen molar-refractivity contribution in [3.63, 3.8) is 0 Å². The highest BCUT2D eigenvalue weighted by atomic mass is 35.5. The molecule has 0 bridgehead atoms. The van der Waals surface area contributed by atoms with Crippen LogP contribution < -0.4 is 5.01 Å². The Balaban J connectivity index is 1.55. The lowest BCUT2D eigenvalue weighted by Gasteiger charge is -2.21. The van der Waals surface area contributed by atoms with Crippen LogP contribution in [0.25, 0.3) is 22.2 Å². The van der Waals surface area contributed by atoms with Gasteiger partial charge in [-0.05, 0) is 41.1 Å². The summed E-state index contributed by atoms with van der Waals surface area (Å²) >= 11 is 9.78. The third-order valence-corrected chi connectivity index (χ3v) is 7.61. The average Bonchev–Trinajstić information content (AvgIpc) is 3.60. The largest absolute Gasteiger partial charge is 0.247 e. The van der Waals surface area contributed by atoms with Crippen molar-refractivity contribution in [1.82, 2.24) is 9.97 Å². The Morgan fingerprint density at radius 3 is 2.50 bits per heavy atom. The van der Waals surface area contributed by atoms with E-state index in [0.29, 0.717) is 11.0 Å². The normalized spacial score (nSPS) is 16.0. The fourth-order valence-corrected chi connectivity index (χ4v) is 5.70. The van der Waals surface area contributed by atoms with Crippen LogP contribution in [0, 0.1) is 0 Å². The van der Waals surface area contributed by atoms with Crippen LogP contribution >= 0.6 is 34.3 Å². The van der Waals surface area contributed by atoms with E-state index in [1.165, 1.54) is 9.75 Å². The summed E-state index contributed by atoms with van der Waals surface area (Å²) in [7, 11) is 0. The van der Waals surface area contributed by atoms with Gasteiger partial charge >= 0.3 is 0 Å². The van der Waals surface area contributed by atoms with Gasteiger partial charge in [0.2, 0.25) is 5.95 Å². The molecule has 6 rings (SSSR count). The molecule has 32 heavy (non-hydrogen) atoms. The summed E-state index contributed by atoms with van der Waals surface area (Å²) in [5, 5.41) is 12.8. The van der Waals surface area contributed by atoms with Crippen LogP contribution in [-0.4, -0.2) is 15.7 Å². The van der Waals surface area contributed by atoms with E-state index in [0.717, 1.165) is 34.3 Å². The molecule has 0 amide bonds. The van der Waals surface area contributed by atoms with Crippen LogP contribution in [-0.2, 0) is 0 Å². The van der Waals surface area contributed by atoms with Gasteiger partial charge in [0, 0.05) is 27.3 Å². The second kappa shape index (κ2) is 8.13. The zero-order valence-corrected chi connectivity index (χ0v) is 19.2. The molecule has 3 aromatic heterocycles. The molecule has 0 fully saturated rings. The van der Waals surface area contributed by atoms with Gasteiger partial charge in [0.05, 0.1) is 27.8 Å². The molecular formula is C25H17ClN4S2. The monoisotopic (exact) mass is 472 g/mol. The van der Waals surface area contributed by atoms with E-state index in [9.17, 15) is 0 Å². The fourth-order valence-electron chi connectivity index (χ4n) is 4.00. The Morgan fingerprint density at radius 1 is 0.875 bits per heavy atom. The molecule has 1 aliphatic rings. The lowest BCUT2D eigenvalue weighted by atomic mass is 10.1. The first-order valence-corrected chi connectivity index (χ1v) is 12.4. The number of hydrazone groups is 1. The molecule has 4 nitrogen and oxygen atoms in total. The van der Waals surface area contributed by atoms with Crippen LogP contribution in [0.5, 0.6) is 0 Å². The number of thiophene rings is 2. The maximum absolute atomic E-state index is 6.33. The van der Waals surface area contributed by atoms with Crippen LogP contribution in [0.1, 0.15) is 22.2 Å². The van der Waals surface area contributed by atoms with Gasteiger partial charge in [-0.2, -0.15) is 5.10 Å². The molecule has 0 spiro atoms. The highest BCUT2D eigenvalue weighted by Crippen LogP contribution is 2.39. The molecule has 7 heteroatoms. The number of aromatic nitrogens is 2. The molecule has 5 aromatic rings. The first kappa shape index (κ1) is 19.6. The molecule has 0 radical (unpaired) electrons. The van der Waals surface area contributed by atoms with E-state index < -0.39 is 0 Å². The molecule has 156 valence electrons. The Hall–Kier alpha value is -3.06. The minimum atomic E-state index is 0.0624. The van der Waals surface area contributed by atoms with Crippen LogP contribution in [0.3, 0.4) is 0 Å². The maximum atomic E-state index is 6.33. The van der Waals surface area contributed by atoms with Crippen molar-refractivity contribution in [2.45, 2.75) is 12.5 Å². The molecule has 0 aliphatic carbocycles. The van der Waals surface area contributed by atoms with Gasteiger partial charge in [-0.3, -0.25) is 0 Å². The summed E-state index contributed by atoms with van der Waals surface area (Å²) in [5.41, 5.74) is 3.80. The standard InChI is InChI=1S/C25H17ClN4S2/c26-17-10-11-18-19(14-17)27-25(28-24(18)16-6-2-1-3-7-16)30-21(23-9-5-13-32-23)15-20(29-30)22-8-4-12-31-22/h1-14,21H,15H2/t21-/m0/s1. The first-order chi connectivity index (χ1) is 15.8. The molecule has 1 aliphatic heterocycles. The van der Waals surface area contributed by atoms with Crippen molar-refractivity contribution in [2.24, 2.45) is 5.10 Å². The summed E-state index contributed by atoms with van der Waals surface area (Å²) in [6, 6.07) is 24.5. The van der Waals surface area contributed by atoms with Gasteiger partial charge in [0.1, 0.15) is 0 Å². The molecule has 1 atom stereocenters. The Bertz CT molecular complexity index is 1410. The van der Waals surface area contributed by atoms with Crippen molar-refractivity contribution in [1.29, 1.82) is 0 Å². The van der Waals surface area contributed by atoms with Gasteiger partial charge in [-0.25, -0.2) is 15.0 Å². The molecule has 4 heterocycles. The van der Waals surface area contributed by atoms with Crippen LogP contribution in [0.15, 0.2) is 88.7 Å². The summed E-state index contributed by atoms with van der Waals surface area (Å²) in [4.78, 5) is 12.4. The third kappa shape index (κ3) is 3.50.